The van der Waals surface area contributed by atoms with Crippen LogP contribution in [-0.2, 0) is 13.1 Å². The van der Waals surface area contributed by atoms with Gasteiger partial charge in [0.25, 0.3) is 5.56 Å². The molecule has 0 aliphatic heterocycles. The Morgan fingerprint density at radius 3 is 2.80 bits per heavy atom. The lowest BCUT2D eigenvalue weighted by Gasteiger charge is -2.12. The Balaban J connectivity index is 2.29. The summed E-state index contributed by atoms with van der Waals surface area (Å²) in [5, 5.41) is 6.45. The third-order valence-electron chi connectivity index (χ3n) is 2.67. The number of aromatic amines is 1. The minimum absolute atomic E-state index is 0.0943. The maximum absolute atomic E-state index is 11.8. The normalized spacial score (nSPS) is 10.7. The molecule has 0 spiro atoms. The molecule has 0 atom stereocenters. The highest BCUT2D eigenvalue weighted by Gasteiger charge is 2.12. The number of aromatic nitrogens is 4. The van der Waals surface area contributed by atoms with E-state index in [9.17, 15) is 9.59 Å². The van der Waals surface area contributed by atoms with Crippen LogP contribution in [0, 0.1) is 6.92 Å². The van der Waals surface area contributed by atoms with Crippen LogP contribution in [0.3, 0.4) is 0 Å². The van der Waals surface area contributed by atoms with Crippen LogP contribution in [0.4, 0.5) is 11.5 Å². The average molecular weight is 280 g/mol. The van der Waals surface area contributed by atoms with E-state index in [-0.39, 0.29) is 18.1 Å². The second-order valence-corrected chi connectivity index (χ2v) is 4.26. The molecule has 0 bridgehead atoms. The molecule has 9 nitrogen and oxygen atoms in total. The number of anilines is 2. The van der Waals surface area contributed by atoms with Crippen LogP contribution in [0.25, 0.3) is 0 Å². The van der Waals surface area contributed by atoms with Gasteiger partial charge in [-0.25, -0.2) is 4.79 Å². The van der Waals surface area contributed by atoms with Gasteiger partial charge >= 0.3 is 5.69 Å². The van der Waals surface area contributed by atoms with Crippen LogP contribution in [0.2, 0.25) is 0 Å². The van der Waals surface area contributed by atoms with Crippen molar-refractivity contribution in [2.45, 2.75) is 33.4 Å². The van der Waals surface area contributed by atoms with Crippen LogP contribution in [0.15, 0.2) is 14.1 Å². The lowest BCUT2D eigenvalue weighted by Crippen LogP contribution is -2.34. The molecule has 0 radical (unpaired) electrons. The van der Waals surface area contributed by atoms with Crippen LogP contribution in [0.1, 0.15) is 25.1 Å². The van der Waals surface area contributed by atoms with Gasteiger partial charge in [0.15, 0.2) is 5.82 Å². The zero-order chi connectivity index (χ0) is 14.7. The molecule has 0 saturated heterocycles. The smallest absolute Gasteiger partial charge is 0.330 e. The molecule has 108 valence electrons. The molecule has 2 heterocycles. The van der Waals surface area contributed by atoms with E-state index >= 15 is 0 Å². The lowest BCUT2D eigenvalue weighted by molar-refractivity contribution is 0.379. The van der Waals surface area contributed by atoms with Crippen molar-refractivity contribution in [3.8, 4) is 0 Å². The number of hydrogen-bond donors (Lipinski definition) is 3. The monoisotopic (exact) mass is 280 g/mol. The van der Waals surface area contributed by atoms with Crippen molar-refractivity contribution in [2.75, 3.05) is 11.1 Å². The van der Waals surface area contributed by atoms with Gasteiger partial charge in [-0.15, -0.1) is 0 Å². The molecule has 9 heteroatoms. The van der Waals surface area contributed by atoms with E-state index in [0.29, 0.717) is 18.3 Å². The number of H-pyrrole nitrogens is 1. The largest absolute Gasteiger partial charge is 0.383 e. The van der Waals surface area contributed by atoms with Crippen LogP contribution >= 0.6 is 0 Å². The molecule has 2 aromatic heterocycles. The van der Waals surface area contributed by atoms with Crippen molar-refractivity contribution in [3.63, 3.8) is 0 Å². The number of aryl methyl sites for hydroxylation is 1. The molecule has 0 aliphatic carbocycles. The molecule has 2 rings (SSSR count). The van der Waals surface area contributed by atoms with Crippen molar-refractivity contribution >= 4 is 11.5 Å². The fourth-order valence-electron chi connectivity index (χ4n) is 1.78. The van der Waals surface area contributed by atoms with Gasteiger partial charge in [0.05, 0.1) is 6.54 Å². The minimum Gasteiger partial charge on any atom is -0.383 e. The Morgan fingerprint density at radius 2 is 2.20 bits per heavy atom. The van der Waals surface area contributed by atoms with Crippen LogP contribution in [-0.4, -0.2) is 19.7 Å². The SMILES string of the molecule is CCCn1c(N)c(NCc2nc(C)no2)c(=O)[nH]c1=O. The van der Waals surface area contributed by atoms with Crippen LogP contribution < -0.4 is 22.3 Å². The first-order chi connectivity index (χ1) is 9.52. The standard InChI is InChI=1S/C11H16N6O3/c1-3-4-17-9(12)8(10(18)15-11(17)19)13-5-7-14-6(2)16-20-7/h13H,3-5,12H2,1-2H3,(H,15,18,19). The second kappa shape index (κ2) is 5.59. The maximum Gasteiger partial charge on any atom is 0.330 e. The van der Waals surface area contributed by atoms with Crippen molar-refractivity contribution in [2.24, 2.45) is 0 Å². The fourth-order valence-corrected chi connectivity index (χ4v) is 1.78. The number of rotatable bonds is 5. The predicted octanol–water partition coefficient (Wildman–Crippen LogP) is -0.168. The summed E-state index contributed by atoms with van der Waals surface area (Å²) in [7, 11) is 0. The van der Waals surface area contributed by atoms with E-state index < -0.39 is 11.2 Å². The first-order valence-corrected chi connectivity index (χ1v) is 6.18. The first kappa shape index (κ1) is 13.8. The summed E-state index contributed by atoms with van der Waals surface area (Å²) in [6.45, 7) is 4.18. The number of nitrogen functional groups attached to an aromatic ring is 1. The zero-order valence-electron chi connectivity index (χ0n) is 11.3. The summed E-state index contributed by atoms with van der Waals surface area (Å²) in [4.78, 5) is 29.6. The van der Waals surface area contributed by atoms with Crippen molar-refractivity contribution in [3.05, 3.63) is 32.6 Å². The Morgan fingerprint density at radius 1 is 1.45 bits per heavy atom. The van der Waals surface area contributed by atoms with E-state index in [0.717, 1.165) is 6.42 Å². The molecule has 0 amide bonds. The summed E-state index contributed by atoms with van der Waals surface area (Å²) in [6.07, 6.45) is 0.721. The minimum atomic E-state index is -0.573. The first-order valence-electron chi connectivity index (χ1n) is 6.18. The average Bonchev–Trinajstić information content (AvgIpc) is 2.80. The van der Waals surface area contributed by atoms with Gasteiger partial charge in [0, 0.05) is 6.54 Å². The molecule has 4 N–H and O–H groups in total. The quantitative estimate of drug-likeness (QED) is 0.692. The van der Waals surface area contributed by atoms with E-state index in [1.807, 2.05) is 6.92 Å². The summed E-state index contributed by atoms with van der Waals surface area (Å²) in [5.74, 6) is 0.922. The van der Waals surface area contributed by atoms with Gasteiger partial charge in [-0.1, -0.05) is 12.1 Å². The molecule has 20 heavy (non-hydrogen) atoms. The molecule has 0 fully saturated rings. The highest BCUT2D eigenvalue weighted by Crippen LogP contribution is 2.11. The van der Waals surface area contributed by atoms with E-state index in [1.54, 1.807) is 6.92 Å². The Bertz CT molecular complexity index is 714. The van der Waals surface area contributed by atoms with Gasteiger partial charge in [-0.05, 0) is 13.3 Å². The van der Waals surface area contributed by atoms with Gasteiger partial charge in [-0.2, -0.15) is 4.98 Å². The topological polar surface area (TPSA) is 132 Å². The Labute approximate surface area is 113 Å². The molecular formula is C11H16N6O3. The zero-order valence-corrected chi connectivity index (χ0v) is 11.3. The van der Waals surface area contributed by atoms with E-state index in [2.05, 4.69) is 20.4 Å². The molecular weight excluding hydrogens is 264 g/mol. The summed E-state index contributed by atoms with van der Waals surface area (Å²) in [6, 6.07) is 0. The Hall–Kier alpha value is -2.58. The van der Waals surface area contributed by atoms with E-state index in [4.69, 9.17) is 10.3 Å². The molecule has 0 saturated carbocycles. The summed E-state index contributed by atoms with van der Waals surface area (Å²) >= 11 is 0. The van der Waals surface area contributed by atoms with Gasteiger partial charge in [0.1, 0.15) is 11.5 Å². The number of nitrogens with one attached hydrogen (secondary N) is 2. The third-order valence-corrected chi connectivity index (χ3v) is 2.67. The van der Waals surface area contributed by atoms with E-state index in [1.165, 1.54) is 4.57 Å². The molecule has 0 aliphatic rings. The fraction of sp³-hybridized carbons (Fsp3) is 0.455. The number of hydrogen-bond acceptors (Lipinski definition) is 7. The van der Waals surface area contributed by atoms with Crippen LogP contribution in [0.5, 0.6) is 0 Å². The Kier molecular flexibility index (Phi) is 3.87. The van der Waals surface area contributed by atoms with Crippen molar-refractivity contribution in [1.82, 2.24) is 19.7 Å². The second-order valence-electron chi connectivity index (χ2n) is 4.26. The number of nitrogens with zero attached hydrogens (tertiary/aromatic N) is 3. The lowest BCUT2D eigenvalue weighted by atomic mass is 10.4. The summed E-state index contributed by atoms with van der Waals surface area (Å²) < 4.78 is 6.23. The van der Waals surface area contributed by atoms with Gasteiger partial charge in [-0.3, -0.25) is 14.3 Å². The highest BCUT2D eigenvalue weighted by atomic mass is 16.5. The molecule has 0 aromatic carbocycles. The summed E-state index contributed by atoms with van der Waals surface area (Å²) in [5.41, 5.74) is 4.88. The van der Waals surface area contributed by atoms with Gasteiger partial charge < -0.3 is 15.6 Å². The molecule has 0 unspecified atom stereocenters. The molecule has 2 aromatic rings. The number of nitrogens with two attached hydrogens (primary N) is 1. The predicted molar refractivity (Wildman–Crippen MR) is 72.4 cm³/mol. The van der Waals surface area contributed by atoms with Crippen molar-refractivity contribution in [1.29, 1.82) is 0 Å². The van der Waals surface area contributed by atoms with Gasteiger partial charge in [0.2, 0.25) is 5.89 Å². The third kappa shape index (κ3) is 2.71. The van der Waals surface area contributed by atoms with Crippen molar-refractivity contribution < 1.29 is 4.52 Å². The maximum atomic E-state index is 11.8. The highest BCUT2D eigenvalue weighted by molar-refractivity contribution is 5.60.